The van der Waals surface area contributed by atoms with Crippen molar-refractivity contribution in [3.63, 3.8) is 0 Å². The Morgan fingerprint density at radius 1 is 1.30 bits per heavy atom. The van der Waals surface area contributed by atoms with E-state index >= 15 is 0 Å². The Morgan fingerprint density at radius 3 is 2.40 bits per heavy atom. The third-order valence-corrected chi connectivity index (χ3v) is 4.14. The van der Waals surface area contributed by atoms with Gasteiger partial charge in [-0.1, -0.05) is 0 Å². The number of rotatable bonds is 3. The van der Waals surface area contributed by atoms with Gasteiger partial charge in [-0.05, 0) is 58.9 Å². The second-order valence-corrected chi connectivity index (χ2v) is 7.25. The third-order valence-electron chi connectivity index (χ3n) is 4.14. The van der Waals surface area contributed by atoms with Crippen molar-refractivity contribution in [2.75, 3.05) is 19.6 Å². The lowest BCUT2D eigenvalue weighted by atomic mass is 9.87. The van der Waals surface area contributed by atoms with Crippen LogP contribution in [0.3, 0.4) is 0 Å². The molecule has 2 aliphatic rings. The molecule has 20 heavy (non-hydrogen) atoms. The van der Waals surface area contributed by atoms with E-state index < -0.39 is 5.60 Å². The van der Waals surface area contributed by atoms with Crippen LogP contribution in [0.2, 0.25) is 0 Å². The zero-order valence-corrected chi connectivity index (χ0v) is 13.0. The Balaban J connectivity index is 1.63. The first-order valence-electron chi connectivity index (χ1n) is 7.80. The Kier molecular flexibility index (Phi) is 4.91. The molecular formula is C15H29N3O2. The quantitative estimate of drug-likeness (QED) is 0.827. The molecule has 0 aromatic heterocycles. The van der Waals surface area contributed by atoms with E-state index in [9.17, 15) is 4.79 Å². The van der Waals surface area contributed by atoms with Crippen LogP contribution in [0.1, 0.15) is 46.5 Å². The van der Waals surface area contributed by atoms with Crippen molar-refractivity contribution in [1.29, 1.82) is 0 Å². The number of nitrogens with one attached hydrogen (secondary N) is 1. The van der Waals surface area contributed by atoms with Gasteiger partial charge in [0.15, 0.2) is 0 Å². The van der Waals surface area contributed by atoms with Gasteiger partial charge in [-0.25, -0.2) is 4.79 Å². The van der Waals surface area contributed by atoms with Gasteiger partial charge in [-0.3, -0.25) is 0 Å². The van der Waals surface area contributed by atoms with Crippen LogP contribution in [-0.2, 0) is 4.74 Å². The summed E-state index contributed by atoms with van der Waals surface area (Å²) in [5.74, 6) is 0.672. The second-order valence-electron chi connectivity index (χ2n) is 7.25. The summed E-state index contributed by atoms with van der Waals surface area (Å²) >= 11 is 0. The number of likely N-dealkylation sites (tertiary alicyclic amines) is 1. The highest BCUT2D eigenvalue weighted by Crippen LogP contribution is 2.21. The molecule has 0 bridgehead atoms. The summed E-state index contributed by atoms with van der Waals surface area (Å²) in [5, 5.41) is 3.59. The first-order valence-corrected chi connectivity index (χ1v) is 7.80. The highest BCUT2D eigenvalue weighted by atomic mass is 16.6. The molecule has 116 valence electrons. The van der Waals surface area contributed by atoms with Gasteiger partial charge in [-0.2, -0.15) is 0 Å². The van der Waals surface area contributed by atoms with Gasteiger partial charge in [-0.15, -0.1) is 0 Å². The summed E-state index contributed by atoms with van der Waals surface area (Å²) in [6.07, 6.45) is 4.16. The molecular weight excluding hydrogens is 254 g/mol. The van der Waals surface area contributed by atoms with E-state index in [0.29, 0.717) is 18.0 Å². The molecule has 0 atom stereocenters. The van der Waals surface area contributed by atoms with Gasteiger partial charge in [0.1, 0.15) is 5.60 Å². The van der Waals surface area contributed by atoms with Gasteiger partial charge in [0.25, 0.3) is 0 Å². The fraction of sp³-hybridized carbons (Fsp3) is 0.933. The van der Waals surface area contributed by atoms with E-state index in [4.69, 9.17) is 10.5 Å². The highest BCUT2D eigenvalue weighted by Gasteiger charge is 2.29. The van der Waals surface area contributed by atoms with Crippen LogP contribution < -0.4 is 11.1 Å². The number of hydrogen-bond donors (Lipinski definition) is 2. The van der Waals surface area contributed by atoms with E-state index in [1.807, 2.05) is 25.7 Å². The van der Waals surface area contributed by atoms with E-state index in [1.54, 1.807) is 0 Å². The van der Waals surface area contributed by atoms with E-state index in [2.05, 4.69) is 5.32 Å². The molecule has 5 heteroatoms. The van der Waals surface area contributed by atoms with Crippen LogP contribution in [-0.4, -0.2) is 48.3 Å². The van der Waals surface area contributed by atoms with Crippen LogP contribution in [0.25, 0.3) is 0 Å². The van der Waals surface area contributed by atoms with Gasteiger partial charge in [0, 0.05) is 25.2 Å². The molecule has 0 unspecified atom stereocenters. The minimum absolute atomic E-state index is 0.172. The molecule has 1 saturated carbocycles. The molecule has 2 rings (SSSR count). The second kappa shape index (κ2) is 6.31. The van der Waals surface area contributed by atoms with Crippen LogP contribution in [0, 0.1) is 5.92 Å². The van der Waals surface area contributed by atoms with E-state index in [1.165, 1.54) is 0 Å². The fourth-order valence-corrected chi connectivity index (χ4v) is 2.81. The van der Waals surface area contributed by atoms with Gasteiger partial charge in [0.05, 0.1) is 0 Å². The molecule has 1 aliphatic heterocycles. The number of nitrogens with zero attached hydrogens (tertiary/aromatic N) is 1. The van der Waals surface area contributed by atoms with Crippen LogP contribution >= 0.6 is 0 Å². The number of amides is 1. The summed E-state index contributed by atoms with van der Waals surface area (Å²) in [6, 6.07) is 1.02. The predicted molar refractivity (Wildman–Crippen MR) is 79.5 cm³/mol. The Labute approximate surface area is 122 Å². The summed E-state index contributed by atoms with van der Waals surface area (Å²) in [6.45, 7) is 8.40. The first-order chi connectivity index (χ1) is 9.33. The topological polar surface area (TPSA) is 67.6 Å². The van der Waals surface area contributed by atoms with Crippen molar-refractivity contribution in [2.24, 2.45) is 11.7 Å². The number of nitrogens with two attached hydrogens (primary N) is 1. The van der Waals surface area contributed by atoms with E-state index in [-0.39, 0.29) is 6.09 Å². The molecule has 1 saturated heterocycles. The summed E-state index contributed by atoms with van der Waals surface area (Å²) in [5.41, 5.74) is 5.38. The van der Waals surface area contributed by atoms with Gasteiger partial charge in [0.2, 0.25) is 0 Å². The summed E-state index contributed by atoms with van der Waals surface area (Å²) in [7, 11) is 0. The summed E-state index contributed by atoms with van der Waals surface area (Å²) < 4.78 is 5.41. The zero-order chi connectivity index (χ0) is 14.8. The average molecular weight is 283 g/mol. The standard InChI is InChI=1S/C15H29N3O2/c1-15(2,3)20-14(19)18-6-4-11(5-7-18)10-17-13-8-12(16)9-13/h11-13,17H,4-10,16H2,1-3H3. The fourth-order valence-electron chi connectivity index (χ4n) is 2.81. The molecule has 5 nitrogen and oxygen atoms in total. The van der Waals surface area contributed by atoms with Crippen molar-refractivity contribution in [3.8, 4) is 0 Å². The van der Waals surface area contributed by atoms with Crippen molar-refractivity contribution >= 4 is 6.09 Å². The minimum atomic E-state index is -0.404. The lowest BCUT2D eigenvalue weighted by molar-refractivity contribution is 0.0182. The van der Waals surface area contributed by atoms with Crippen LogP contribution in [0.5, 0.6) is 0 Å². The molecule has 0 spiro atoms. The Hall–Kier alpha value is -0.810. The first kappa shape index (κ1) is 15.6. The number of hydrogen-bond acceptors (Lipinski definition) is 4. The molecule has 3 N–H and O–H groups in total. The smallest absolute Gasteiger partial charge is 0.410 e. The SMILES string of the molecule is CC(C)(C)OC(=O)N1CCC(CNC2CC(N)C2)CC1. The summed E-state index contributed by atoms with van der Waals surface area (Å²) in [4.78, 5) is 13.8. The Bertz CT molecular complexity index is 327. The largest absolute Gasteiger partial charge is 0.444 e. The normalized spacial score (nSPS) is 28.1. The average Bonchev–Trinajstić information content (AvgIpc) is 2.32. The predicted octanol–water partition coefficient (Wildman–Crippen LogP) is 1.71. The Morgan fingerprint density at radius 2 is 1.90 bits per heavy atom. The molecule has 1 heterocycles. The molecule has 1 aliphatic carbocycles. The lowest BCUT2D eigenvalue weighted by Crippen LogP contribution is -2.50. The lowest BCUT2D eigenvalue weighted by Gasteiger charge is -2.37. The van der Waals surface area contributed by atoms with Crippen LogP contribution in [0.4, 0.5) is 4.79 Å². The highest BCUT2D eigenvalue weighted by molar-refractivity contribution is 5.68. The maximum absolute atomic E-state index is 12.0. The maximum atomic E-state index is 12.0. The van der Waals surface area contributed by atoms with Gasteiger partial charge < -0.3 is 20.7 Å². The van der Waals surface area contributed by atoms with Crippen LogP contribution in [0.15, 0.2) is 0 Å². The number of piperidine rings is 1. The molecule has 1 amide bonds. The van der Waals surface area contributed by atoms with Crippen molar-refractivity contribution in [1.82, 2.24) is 10.2 Å². The molecule has 2 fully saturated rings. The molecule has 0 aromatic carbocycles. The van der Waals surface area contributed by atoms with Crippen molar-refractivity contribution in [3.05, 3.63) is 0 Å². The molecule has 0 aromatic rings. The van der Waals surface area contributed by atoms with Crippen molar-refractivity contribution < 1.29 is 9.53 Å². The van der Waals surface area contributed by atoms with E-state index in [0.717, 1.165) is 45.3 Å². The number of carbonyl (C=O) groups excluding carboxylic acids is 1. The number of carbonyl (C=O) groups is 1. The van der Waals surface area contributed by atoms with Gasteiger partial charge >= 0.3 is 6.09 Å². The minimum Gasteiger partial charge on any atom is -0.444 e. The maximum Gasteiger partial charge on any atom is 0.410 e. The number of ether oxygens (including phenoxy) is 1. The zero-order valence-electron chi connectivity index (χ0n) is 13.0. The third kappa shape index (κ3) is 4.63. The van der Waals surface area contributed by atoms with Crippen molar-refractivity contribution in [2.45, 2.75) is 64.1 Å². The monoisotopic (exact) mass is 283 g/mol. The molecule has 0 radical (unpaired) electrons.